The van der Waals surface area contributed by atoms with Gasteiger partial charge in [-0.1, -0.05) is 79.1 Å². The van der Waals surface area contributed by atoms with Gasteiger partial charge in [-0.25, -0.2) is 0 Å². The van der Waals surface area contributed by atoms with E-state index in [1.54, 1.807) is 6.26 Å². The van der Waals surface area contributed by atoms with Gasteiger partial charge >= 0.3 is 0 Å². The quantitative estimate of drug-likeness (QED) is 0.322. The summed E-state index contributed by atoms with van der Waals surface area (Å²) in [6.45, 7) is 9.00. The molecule has 24 heavy (non-hydrogen) atoms. The smallest absolute Gasteiger partial charge is 0.111 e. The maximum atomic E-state index is 13.9. The molecule has 0 aromatic carbocycles. The Morgan fingerprint density at radius 2 is 1.50 bits per heavy atom. The number of unbranched alkanes of at least 4 members (excludes halogenated alkanes) is 2. The van der Waals surface area contributed by atoms with Crippen molar-refractivity contribution in [1.82, 2.24) is 0 Å². The van der Waals surface area contributed by atoms with E-state index < -0.39 is 7.14 Å². The molecule has 2 nitrogen and oxygen atoms in total. The van der Waals surface area contributed by atoms with Crippen LogP contribution in [0.25, 0.3) is 0 Å². The molecule has 0 aliphatic carbocycles. The number of furan rings is 1. The van der Waals surface area contributed by atoms with Crippen LogP contribution in [0.1, 0.15) is 84.8 Å². The Bertz CT molecular complexity index is 430. The van der Waals surface area contributed by atoms with Gasteiger partial charge in [0.25, 0.3) is 0 Å². The van der Waals surface area contributed by atoms with E-state index in [0.717, 1.165) is 30.9 Å². The van der Waals surface area contributed by atoms with Gasteiger partial charge in [-0.05, 0) is 24.0 Å². The molecule has 140 valence electrons. The standard InChI is InChI=1S/C21H39O2P/c1-5-9-12-19(7-3)16-24(22,18-21-14-11-15-23-21)17-20(8-4)13-10-6-2/h11,14-15,19-20H,5-10,12-13,16-18H2,1-4H3. The molecule has 0 saturated carbocycles. The van der Waals surface area contributed by atoms with Crippen LogP contribution in [0.4, 0.5) is 0 Å². The van der Waals surface area contributed by atoms with Crippen molar-refractivity contribution in [2.24, 2.45) is 11.8 Å². The Hall–Kier alpha value is -0.490. The maximum Gasteiger partial charge on any atom is 0.111 e. The molecule has 0 aliphatic heterocycles. The SMILES string of the molecule is CCCCC(CC)CP(=O)(Cc1ccco1)CC(CC)CCCC. The topological polar surface area (TPSA) is 30.2 Å². The van der Waals surface area contributed by atoms with Crippen molar-refractivity contribution >= 4 is 7.14 Å². The molecule has 0 radical (unpaired) electrons. The summed E-state index contributed by atoms with van der Waals surface area (Å²) in [6.07, 6.45) is 13.9. The highest BCUT2D eigenvalue weighted by atomic mass is 31.2. The van der Waals surface area contributed by atoms with E-state index in [1.807, 2.05) is 12.1 Å². The lowest BCUT2D eigenvalue weighted by atomic mass is 10.0. The average Bonchev–Trinajstić information content (AvgIpc) is 3.07. The van der Waals surface area contributed by atoms with Crippen LogP contribution in [0.5, 0.6) is 0 Å². The van der Waals surface area contributed by atoms with Gasteiger partial charge in [0.15, 0.2) is 0 Å². The summed E-state index contributed by atoms with van der Waals surface area (Å²) in [6, 6.07) is 3.91. The van der Waals surface area contributed by atoms with Crippen molar-refractivity contribution in [3.63, 3.8) is 0 Å². The van der Waals surface area contributed by atoms with Crippen molar-refractivity contribution in [2.45, 2.75) is 85.2 Å². The van der Waals surface area contributed by atoms with Crippen LogP contribution < -0.4 is 0 Å². The van der Waals surface area contributed by atoms with Crippen molar-refractivity contribution in [1.29, 1.82) is 0 Å². The zero-order valence-corrected chi connectivity index (χ0v) is 17.3. The molecule has 0 N–H and O–H groups in total. The highest BCUT2D eigenvalue weighted by Crippen LogP contribution is 2.54. The van der Waals surface area contributed by atoms with E-state index in [-0.39, 0.29) is 0 Å². The highest BCUT2D eigenvalue weighted by molar-refractivity contribution is 7.63. The minimum Gasteiger partial charge on any atom is -0.469 e. The zero-order valence-electron chi connectivity index (χ0n) is 16.4. The third-order valence-corrected chi connectivity index (χ3v) is 8.54. The summed E-state index contributed by atoms with van der Waals surface area (Å²) in [7, 11) is -2.23. The summed E-state index contributed by atoms with van der Waals surface area (Å²) >= 11 is 0. The molecule has 0 aliphatic rings. The zero-order chi connectivity index (χ0) is 17.8. The lowest BCUT2D eigenvalue weighted by Crippen LogP contribution is -2.14. The summed E-state index contributed by atoms with van der Waals surface area (Å²) in [5.74, 6) is 2.12. The van der Waals surface area contributed by atoms with Gasteiger partial charge in [0.2, 0.25) is 0 Å². The second-order valence-corrected chi connectivity index (χ2v) is 10.7. The number of hydrogen-bond acceptors (Lipinski definition) is 2. The highest BCUT2D eigenvalue weighted by Gasteiger charge is 2.30. The van der Waals surface area contributed by atoms with E-state index in [4.69, 9.17) is 4.42 Å². The minimum atomic E-state index is -2.23. The fourth-order valence-corrected chi connectivity index (χ4v) is 7.58. The molecular weight excluding hydrogens is 315 g/mol. The van der Waals surface area contributed by atoms with Crippen LogP contribution in [0, 0.1) is 11.8 Å². The Morgan fingerprint density at radius 3 is 1.88 bits per heavy atom. The summed E-state index contributed by atoms with van der Waals surface area (Å²) in [4.78, 5) is 0. The van der Waals surface area contributed by atoms with Gasteiger partial charge in [-0.15, -0.1) is 0 Å². The first-order chi connectivity index (χ1) is 11.6. The second-order valence-electron chi connectivity index (χ2n) is 7.49. The van der Waals surface area contributed by atoms with Gasteiger partial charge in [0.1, 0.15) is 5.76 Å². The Labute approximate surface area is 150 Å². The van der Waals surface area contributed by atoms with Gasteiger partial charge in [-0.2, -0.15) is 0 Å². The molecule has 1 rings (SSSR count). The van der Waals surface area contributed by atoms with Crippen LogP contribution in [-0.2, 0) is 10.7 Å². The molecule has 0 fully saturated rings. The van der Waals surface area contributed by atoms with Gasteiger partial charge in [0.05, 0.1) is 19.6 Å². The molecule has 2 unspecified atom stereocenters. The van der Waals surface area contributed by atoms with Crippen molar-refractivity contribution in [3.8, 4) is 0 Å². The molecule has 0 bridgehead atoms. The summed E-state index contributed by atoms with van der Waals surface area (Å²) in [5.41, 5.74) is 0. The normalized spacial score (nSPS) is 16.7. The fraction of sp³-hybridized carbons (Fsp3) is 0.810. The maximum absolute atomic E-state index is 13.9. The Morgan fingerprint density at radius 1 is 0.958 bits per heavy atom. The predicted molar refractivity (Wildman–Crippen MR) is 106 cm³/mol. The van der Waals surface area contributed by atoms with E-state index in [2.05, 4.69) is 27.7 Å². The lowest BCUT2D eigenvalue weighted by molar-refractivity contribution is 0.458. The third-order valence-electron chi connectivity index (χ3n) is 5.29. The first-order valence-electron chi connectivity index (χ1n) is 10.2. The molecular formula is C21H39O2P. The number of hydrogen-bond donors (Lipinski definition) is 0. The molecule has 1 aromatic rings. The largest absolute Gasteiger partial charge is 0.469 e. The molecule has 2 atom stereocenters. The van der Waals surface area contributed by atoms with Crippen LogP contribution in [0.15, 0.2) is 22.8 Å². The van der Waals surface area contributed by atoms with E-state index in [1.165, 1.54) is 38.5 Å². The van der Waals surface area contributed by atoms with Gasteiger partial charge < -0.3 is 8.98 Å². The first kappa shape index (κ1) is 21.6. The fourth-order valence-electron chi connectivity index (χ4n) is 3.67. The monoisotopic (exact) mass is 354 g/mol. The first-order valence-corrected chi connectivity index (χ1v) is 12.4. The Balaban J connectivity index is 2.82. The van der Waals surface area contributed by atoms with E-state index in [9.17, 15) is 4.57 Å². The number of rotatable bonds is 14. The lowest BCUT2D eigenvalue weighted by Gasteiger charge is -2.27. The van der Waals surface area contributed by atoms with Gasteiger partial charge in [-0.3, -0.25) is 0 Å². The third kappa shape index (κ3) is 8.06. The molecule has 1 aromatic heterocycles. The van der Waals surface area contributed by atoms with Crippen molar-refractivity contribution in [2.75, 3.05) is 12.3 Å². The van der Waals surface area contributed by atoms with Crippen LogP contribution in [0.2, 0.25) is 0 Å². The van der Waals surface area contributed by atoms with E-state index in [0.29, 0.717) is 18.0 Å². The molecule has 0 spiro atoms. The van der Waals surface area contributed by atoms with Crippen LogP contribution in [0.3, 0.4) is 0 Å². The van der Waals surface area contributed by atoms with Crippen molar-refractivity contribution < 1.29 is 8.98 Å². The second kappa shape index (κ2) is 12.0. The minimum absolute atomic E-state index is 0.606. The van der Waals surface area contributed by atoms with Crippen LogP contribution >= 0.6 is 7.14 Å². The molecule has 1 heterocycles. The average molecular weight is 355 g/mol. The molecule has 3 heteroatoms. The summed E-state index contributed by atoms with van der Waals surface area (Å²) < 4.78 is 19.4. The van der Waals surface area contributed by atoms with E-state index >= 15 is 0 Å². The van der Waals surface area contributed by atoms with Gasteiger partial charge in [0, 0.05) is 12.3 Å². The van der Waals surface area contributed by atoms with Crippen molar-refractivity contribution in [3.05, 3.63) is 24.2 Å². The Kier molecular flexibility index (Phi) is 10.7. The molecule has 0 saturated heterocycles. The summed E-state index contributed by atoms with van der Waals surface area (Å²) in [5, 5.41) is 0. The van der Waals surface area contributed by atoms with Crippen LogP contribution in [-0.4, -0.2) is 12.3 Å². The predicted octanol–water partition coefficient (Wildman–Crippen LogP) is 7.58. The molecule has 0 amide bonds.